The predicted octanol–water partition coefficient (Wildman–Crippen LogP) is 5.41. The summed E-state index contributed by atoms with van der Waals surface area (Å²) in [5.74, 6) is 0.863. The highest BCUT2D eigenvalue weighted by Gasteiger charge is 2.20. The fourth-order valence-electron chi connectivity index (χ4n) is 3.27. The summed E-state index contributed by atoms with van der Waals surface area (Å²) in [5, 5.41) is 1.91. The lowest BCUT2D eigenvalue weighted by Crippen LogP contribution is -2.33. The van der Waals surface area contributed by atoms with Crippen LogP contribution in [-0.2, 0) is 15.0 Å². The van der Waals surface area contributed by atoms with Crippen LogP contribution < -0.4 is 9.80 Å². The molecule has 1 aliphatic heterocycles. The molecule has 1 heterocycles. The van der Waals surface area contributed by atoms with Crippen molar-refractivity contribution in [1.29, 1.82) is 0 Å². The van der Waals surface area contributed by atoms with Crippen molar-refractivity contribution in [3.63, 3.8) is 0 Å². The number of hydroxylamine groups is 1. The first-order chi connectivity index (χ1) is 15.8. The molecule has 3 aromatic rings. The zero-order chi connectivity index (χ0) is 23.8. The molecule has 0 aliphatic carbocycles. The van der Waals surface area contributed by atoms with Crippen molar-refractivity contribution >= 4 is 28.0 Å². The molecule has 0 radical (unpaired) electrons. The van der Waals surface area contributed by atoms with Crippen molar-refractivity contribution in [3.05, 3.63) is 102 Å². The number of ether oxygens (including phenoxy) is 1. The van der Waals surface area contributed by atoms with E-state index < -0.39 is 10.1 Å². The summed E-state index contributed by atoms with van der Waals surface area (Å²) in [6, 6.07) is 22.2. The first-order valence-corrected chi connectivity index (χ1v) is 11.7. The number of fused-ring (bicyclic) bond motifs is 1. The lowest BCUT2D eigenvalue weighted by molar-refractivity contribution is 0.160. The Kier molecular flexibility index (Phi) is 8.06. The number of hydrogen-bond donors (Lipinski definition) is 1. The smallest absolute Gasteiger partial charge is 0.294 e. The predicted molar refractivity (Wildman–Crippen MR) is 132 cm³/mol. The molecule has 0 aromatic heterocycles. The Labute approximate surface area is 195 Å². The van der Waals surface area contributed by atoms with E-state index in [0.29, 0.717) is 0 Å². The van der Waals surface area contributed by atoms with Gasteiger partial charge < -0.3 is 4.74 Å². The SMILES string of the molecule is COc1ccc(/C=C/C2C=Cc3ccccc3N2OC)cc1.Cc1ccc(S(=O)(=O)O)cc1. The zero-order valence-corrected chi connectivity index (χ0v) is 19.6. The fraction of sp³-hybridized carbons (Fsp3) is 0.154. The molecule has 0 amide bonds. The Hall–Kier alpha value is -3.39. The van der Waals surface area contributed by atoms with E-state index in [0.717, 1.165) is 22.6 Å². The maximum atomic E-state index is 10.5. The van der Waals surface area contributed by atoms with Crippen molar-refractivity contribution in [1.82, 2.24) is 0 Å². The van der Waals surface area contributed by atoms with Crippen LogP contribution in [-0.4, -0.2) is 33.2 Å². The quantitative estimate of drug-likeness (QED) is 0.508. The Bertz CT molecular complexity index is 1220. The molecular weight excluding hydrogens is 438 g/mol. The van der Waals surface area contributed by atoms with E-state index in [4.69, 9.17) is 14.1 Å². The number of hydrogen-bond acceptors (Lipinski definition) is 5. The van der Waals surface area contributed by atoms with Crippen molar-refractivity contribution in [2.75, 3.05) is 19.3 Å². The minimum absolute atomic E-state index is 0.0666. The van der Waals surface area contributed by atoms with E-state index in [2.05, 4.69) is 36.4 Å². The minimum atomic E-state index is -4.02. The van der Waals surface area contributed by atoms with Gasteiger partial charge in [-0.25, -0.2) is 5.06 Å². The molecule has 33 heavy (non-hydrogen) atoms. The Morgan fingerprint density at radius 1 is 0.939 bits per heavy atom. The summed E-state index contributed by atoms with van der Waals surface area (Å²) in [6.45, 7) is 1.84. The molecule has 7 heteroatoms. The van der Waals surface area contributed by atoms with Crippen LogP contribution in [0.3, 0.4) is 0 Å². The monoisotopic (exact) mass is 465 g/mol. The van der Waals surface area contributed by atoms with Gasteiger partial charge in [0.1, 0.15) is 5.75 Å². The van der Waals surface area contributed by atoms with Gasteiger partial charge in [0.15, 0.2) is 0 Å². The summed E-state index contributed by atoms with van der Waals surface area (Å²) >= 11 is 0. The number of aryl methyl sites for hydroxylation is 1. The number of rotatable bonds is 5. The third kappa shape index (κ3) is 6.55. The third-order valence-corrected chi connectivity index (χ3v) is 5.90. The van der Waals surface area contributed by atoms with Crippen LogP contribution >= 0.6 is 0 Å². The van der Waals surface area contributed by atoms with E-state index in [1.165, 1.54) is 17.7 Å². The van der Waals surface area contributed by atoms with Crippen molar-refractivity contribution in [2.45, 2.75) is 17.9 Å². The molecule has 6 nitrogen and oxygen atoms in total. The van der Waals surface area contributed by atoms with Crippen LogP contribution in [0.2, 0.25) is 0 Å². The van der Waals surface area contributed by atoms with E-state index >= 15 is 0 Å². The maximum Gasteiger partial charge on any atom is 0.294 e. The van der Waals surface area contributed by atoms with Crippen LogP contribution in [0.5, 0.6) is 5.75 Å². The minimum Gasteiger partial charge on any atom is -0.497 e. The molecule has 1 atom stereocenters. The first kappa shape index (κ1) is 24.3. The van der Waals surface area contributed by atoms with Gasteiger partial charge in [-0.15, -0.1) is 0 Å². The lowest BCUT2D eigenvalue weighted by Gasteiger charge is -2.31. The van der Waals surface area contributed by atoms with Crippen LogP contribution in [0, 0.1) is 6.92 Å². The van der Waals surface area contributed by atoms with Gasteiger partial charge in [0.25, 0.3) is 10.1 Å². The van der Waals surface area contributed by atoms with Crippen LogP contribution in [0.15, 0.2) is 89.8 Å². The molecule has 0 fully saturated rings. The molecule has 1 aliphatic rings. The second-order valence-electron chi connectivity index (χ2n) is 7.34. The molecule has 0 saturated heterocycles. The summed E-state index contributed by atoms with van der Waals surface area (Å²) in [7, 11) is -0.649. The van der Waals surface area contributed by atoms with Gasteiger partial charge in [-0.3, -0.25) is 9.39 Å². The molecule has 1 unspecified atom stereocenters. The third-order valence-electron chi connectivity index (χ3n) is 5.04. The number of anilines is 1. The standard InChI is InChI=1S/C19H19NO2.C7H8O3S/c1-21-18-13-8-15(9-14-18)7-11-17-12-10-16-5-3-4-6-19(16)20(17)22-2;1-6-2-4-7(5-3-6)11(8,9)10/h3-14,17H,1-2H3;2-5H,1H3,(H,8,9,10)/b11-7+;. The second kappa shape index (κ2) is 11.0. The van der Waals surface area contributed by atoms with Gasteiger partial charge in [0.05, 0.1) is 30.8 Å². The average Bonchev–Trinajstić information content (AvgIpc) is 2.82. The average molecular weight is 466 g/mol. The van der Waals surface area contributed by atoms with Crippen molar-refractivity contribution < 1.29 is 22.5 Å². The number of benzene rings is 3. The highest BCUT2D eigenvalue weighted by molar-refractivity contribution is 7.85. The number of nitrogens with zero attached hydrogens (tertiary/aromatic N) is 1. The van der Waals surface area contributed by atoms with E-state index in [1.807, 2.05) is 48.4 Å². The first-order valence-electron chi connectivity index (χ1n) is 10.3. The summed E-state index contributed by atoms with van der Waals surface area (Å²) in [4.78, 5) is 5.50. The summed E-state index contributed by atoms with van der Waals surface area (Å²) in [5.41, 5.74) is 4.33. The largest absolute Gasteiger partial charge is 0.497 e. The van der Waals surface area contributed by atoms with Gasteiger partial charge in [0, 0.05) is 0 Å². The van der Waals surface area contributed by atoms with Crippen molar-refractivity contribution in [3.8, 4) is 5.75 Å². The van der Waals surface area contributed by atoms with E-state index in [9.17, 15) is 8.42 Å². The normalized spacial score (nSPS) is 15.0. The van der Waals surface area contributed by atoms with Crippen LogP contribution in [0.25, 0.3) is 12.2 Å². The molecular formula is C26H27NO5S. The fourth-order valence-corrected chi connectivity index (χ4v) is 3.75. The molecule has 0 bridgehead atoms. The Morgan fingerprint density at radius 2 is 1.61 bits per heavy atom. The van der Waals surface area contributed by atoms with Crippen molar-refractivity contribution in [2.24, 2.45) is 0 Å². The molecule has 1 N–H and O–H groups in total. The molecule has 0 spiro atoms. The topological polar surface area (TPSA) is 76.1 Å². The molecule has 3 aromatic carbocycles. The number of methoxy groups -OCH3 is 1. The number of para-hydroxylation sites is 1. The van der Waals surface area contributed by atoms with Gasteiger partial charge in [-0.2, -0.15) is 8.42 Å². The summed E-state index contributed by atoms with van der Waals surface area (Å²) < 4.78 is 34.7. The van der Waals surface area contributed by atoms with E-state index in [1.54, 1.807) is 26.4 Å². The van der Waals surface area contributed by atoms with E-state index in [-0.39, 0.29) is 10.9 Å². The Morgan fingerprint density at radius 3 is 2.21 bits per heavy atom. The highest BCUT2D eigenvalue weighted by Crippen LogP contribution is 2.29. The van der Waals surface area contributed by atoms with Gasteiger partial charge in [-0.05, 0) is 48.4 Å². The van der Waals surface area contributed by atoms with Gasteiger partial charge in [0.2, 0.25) is 0 Å². The van der Waals surface area contributed by atoms with Crippen LogP contribution in [0.4, 0.5) is 5.69 Å². The maximum absolute atomic E-state index is 10.5. The zero-order valence-electron chi connectivity index (χ0n) is 18.8. The summed E-state index contributed by atoms with van der Waals surface area (Å²) in [6.07, 6.45) is 8.48. The van der Waals surface area contributed by atoms with Crippen LogP contribution in [0.1, 0.15) is 16.7 Å². The Balaban J connectivity index is 0.000000235. The lowest BCUT2D eigenvalue weighted by atomic mass is 10.0. The molecule has 172 valence electrons. The van der Waals surface area contributed by atoms with Gasteiger partial charge >= 0.3 is 0 Å². The molecule has 0 saturated carbocycles. The molecule has 4 rings (SSSR count). The highest BCUT2D eigenvalue weighted by atomic mass is 32.2. The van der Waals surface area contributed by atoms with Gasteiger partial charge in [-0.1, -0.05) is 72.3 Å². The second-order valence-corrected chi connectivity index (χ2v) is 8.76.